The normalized spacial score (nSPS) is 10.4. The monoisotopic (exact) mass is 396 g/mol. The largest absolute Gasteiger partial charge is 0.324 e. The molecule has 0 atom stereocenters. The van der Waals surface area contributed by atoms with Gasteiger partial charge < -0.3 is 10.6 Å². The topological polar surface area (TPSA) is 66.9 Å². The number of aryl methyl sites for hydroxylation is 2. The van der Waals surface area contributed by atoms with Gasteiger partial charge in [0.05, 0.1) is 0 Å². The van der Waals surface area contributed by atoms with E-state index in [9.17, 15) is 4.79 Å². The van der Waals surface area contributed by atoms with Gasteiger partial charge in [-0.3, -0.25) is 4.79 Å². The van der Waals surface area contributed by atoms with E-state index in [0.29, 0.717) is 11.5 Å². The molecule has 0 aliphatic heterocycles. The average molecular weight is 397 g/mol. The molecule has 1 heterocycles. The molecule has 25 heavy (non-hydrogen) atoms. The molecule has 0 saturated heterocycles. The van der Waals surface area contributed by atoms with E-state index < -0.39 is 0 Å². The first kappa shape index (κ1) is 17.1. The predicted octanol–water partition coefficient (Wildman–Crippen LogP) is 4.85. The van der Waals surface area contributed by atoms with Crippen LogP contribution in [0.2, 0.25) is 0 Å². The number of hydrogen-bond donors (Lipinski definition) is 2. The van der Waals surface area contributed by atoms with Gasteiger partial charge in [0.15, 0.2) is 0 Å². The maximum absolute atomic E-state index is 12.2. The van der Waals surface area contributed by atoms with E-state index in [4.69, 9.17) is 0 Å². The van der Waals surface area contributed by atoms with Crippen LogP contribution in [0.1, 0.15) is 21.7 Å². The van der Waals surface area contributed by atoms with Crippen molar-refractivity contribution >= 4 is 39.2 Å². The van der Waals surface area contributed by atoms with E-state index in [2.05, 4.69) is 36.5 Å². The molecule has 5 nitrogen and oxygen atoms in total. The lowest BCUT2D eigenvalue weighted by molar-refractivity contribution is 0.102. The maximum Gasteiger partial charge on any atom is 0.255 e. The Kier molecular flexibility index (Phi) is 5.09. The molecule has 3 rings (SSSR count). The second-order valence-corrected chi connectivity index (χ2v) is 6.56. The van der Waals surface area contributed by atoms with Crippen LogP contribution in [0.25, 0.3) is 0 Å². The van der Waals surface area contributed by atoms with Gasteiger partial charge in [-0.05, 0) is 62.4 Å². The van der Waals surface area contributed by atoms with Crippen molar-refractivity contribution in [1.82, 2.24) is 9.97 Å². The number of halogens is 1. The average Bonchev–Trinajstić information content (AvgIpc) is 2.56. The third-order valence-corrected chi connectivity index (χ3v) is 3.96. The summed E-state index contributed by atoms with van der Waals surface area (Å²) in [6.07, 6.45) is 0. The molecule has 3 aromatic rings. The number of anilines is 3. The Balaban J connectivity index is 1.68. The molecule has 0 aliphatic rings. The molecule has 0 fully saturated rings. The molecule has 0 spiro atoms. The number of rotatable bonds is 4. The highest BCUT2D eigenvalue weighted by molar-refractivity contribution is 9.10. The number of benzene rings is 2. The van der Waals surface area contributed by atoms with E-state index in [0.717, 1.165) is 27.2 Å². The predicted molar refractivity (Wildman–Crippen MR) is 103 cm³/mol. The molecule has 0 bridgehead atoms. The Hall–Kier alpha value is -2.73. The summed E-state index contributed by atoms with van der Waals surface area (Å²) in [6, 6.07) is 16.6. The number of nitrogens with one attached hydrogen (secondary N) is 2. The SMILES string of the molecule is Cc1cc(C)nc(Nc2ccc(NC(=O)c3cccc(Br)c3)cc2)n1. The molecule has 1 amide bonds. The minimum Gasteiger partial charge on any atom is -0.324 e. The van der Waals surface area contributed by atoms with Gasteiger partial charge in [-0.25, -0.2) is 9.97 Å². The maximum atomic E-state index is 12.2. The van der Waals surface area contributed by atoms with E-state index in [1.165, 1.54) is 0 Å². The molecule has 2 aromatic carbocycles. The molecule has 6 heteroatoms. The fourth-order valence-corrected chi connectivity index (χ4v) is 2.78. The summed E-state index contributed by atoms with van der Waals surface area (Å²) in [5, 5.41) is 6.04. The number of carbonyl (C=O) groups excluding carboxylic acids is 1. The van der Waals surface area contributed by atoms with E-state index >= 15 is 0 Å². The summed E-state index contributed by atoms with van der Waals surface area (Å²) in [6.45, 7) is 3.86. The number of nitrogens with zero attached hydrogens (tertiary/aromatic N) is 2. The van der Waals surface area contributed by atoms with Crippen LogP contribution in [0, 0.1) is 13.8 Å². The van der Waals surface area contributed by atoms with Crippen molar-refractivity contribution in [3.05, 3.63) is 76.0 Å². The van der Waals surface area contributed by atoms with Crippen molar-refractivity contribution in [3.63, 3.8) is 0 Å². The van der Waals surface area contributed by atoms with Crippen LogP contribution in [-0.2, 0) is 0 Å². The molecule has 0 unspecified atom stereocenters. The molecule has 2 N–H and O–H groups in total. The molecular formula is C19H17BrN4O. The van der Waals surface area contributed by atoms with Gasteiger partial charge in [-0.1, -0.05) is 22.0 Å². The van der Waals surface area contributed by atoms with Crippen LogP contribution in [0.4, 0.5) is 17.3 Å². The van der Waals surface area contributed by atoms with Crippen LogP contribution in [-0.4, -0.2) is 15.9 Å². The van der Waals surface area contributed by atoms with E-state index in [1.54, 1.807) is 12.1 Å². The van der Waals surface area contributed by atoms with Crippen molar-refractivity contribution in [3.8, 4) is 0 Å². The molecule has 126 valence electrons. The molecule has 0 aliphatic carbocycles. The summed E-state index contributed by atoms with van der Waals surface area (Å²) in [5.41, 5.74) is 3.99. The van der Waals surface area contributed by atoms with Gasteiger partial charge in [0.1, 0.15) is 0 Å². The lowest BCUT2D eigenvalue weighted by Gasteiger charge is -2.09. The summed E-state index contributed by atoms with van der Waals surface area (Å²) in [4.78, 5) is 21.0. The molecule has 0 saturated carbocycles. The van der Waals surface area contributed by atoms with Crippen LogP contribution in [0.3, 0.4) is 0 Å². The first-order valence-corrected chi connectivity index (χ1v) is 8.55. The standard InChI is InChI=1S/C19H17BrN4O/c1-12-10-13(2)22-19(21-12)24-17-8-6-16(7-9-17)23-18(25)14-4-3-5-15(20)11-14/h3-11H,1-2H3,(H,23,25)(H,21,22,24). The van der Waals surface area contributed by atoms with Crippen molar-refractivity contribution in [2.45, 2.75) is 13.8 Å². The third-order valence-electron chi connectivity index (χ3n) is 3.47. The fraction of sp³-hybridized carbons (Fsp3) is 0.105. The third kappa shape index (κ3) is 4.64. The zero-order chi connectivity index (χ0) is 17.8. The Labute approximate surface area is 154 Å². The Morgan fingerprint density at radius 2 is 1.56 bits per heavy atom. The van der Waals surface area contributed by atoms with Gasteiger partial charge in [0.2, 0.25) is 5.95 Å². The summed E-state index contributed by atoms with van der Waals surface area (Å²) in [5.74, 6) is 0.406. The summed E-state index contributed by atoms with van der Waals surface area (Å²) < 4.78 is 0.869. The van der Waals surface area contributed by atoms with E-state index in [1.807, 2.05) is 56.3 Å². The first-order chi connectivity index (χ1) is 12.0. The fourth-order valence-electron chi connectivity index (χ4n) is 2.38. The highest BCUT2D eigenvalue weighted by Crippen LogP contribution is 2.18. The zero-order valence-corrected chi connectivity index (χ0v) is 15.5. The lowest BCUT2D eigenvalue weighted by atomic mass is 10.2. The minimum absolute atomic E-state index is 0.153. The second kappa shape index (κ2) is 7.44. The highest BCUT2D eigenvalue weighted by atomic mass is 79.9. The smallest absolute Gasteiger partial charge is 0.255 e. The Morgan fingerprint density at radius 3 is 2.20 bits per heavy atom. The second-order valence-electron chi connectivity index (χ2n) is 5.64. The highest BCUT2D eigenvalue weighted by Gasteiger charge is 2.07. The quantitative estimate of drug-likeness (QED) is 0.661. The Morgan fingerprint density at radius 1 is 0.920 bits per heavy atom. The first-order valence-electron chi connectivity index (χ1n) is 7.76. The minimum atomic E-state index is -0.153. The van der Waals surface area contributed by atoms with Crippen LogP contribution >= 0.6 is 15.9 Å². The Bertz CT molecular complexity index is 889. The van der Waals surface area contributed by atoms with Crippen LogP contribution < -0.4 is 10.6 Å². The number of hydrogen-bond acceptors (Lipinski definition) is 4. The van der Waals surface area contributed by atoms with Gasteiger partial charge in [0, 0.05) is 32.8 Å². The van der Waals surface area contributed by atoms with Gasteiger partial charge >= 0.3 is 0 Å². The van der Waals surface area contributed by atoms with Crippen LogP contribution in [0.15, 0.2) is 59.1 Å². The zero-order valence-electron chi connectivity index (χ0n) is 13.9. The van der Waals surface area contributed by atoms with Gasteiger partial charge in [-0.15, -0.1) is 0 Å². The number of carbonyl (C=O) groups is 1. The molecule has 0 radical (unpaired) electrons. The molecular weight excluding hydrogens is 380 g/mol. The van der Waals surface area contributed by atoms with Gasteiger partial charge in [-0.2, -0.15) is 0 Å². The molecule has 1 aromatic heterocycles. The van der Waals surface area contributed by atoms with Crippen molar-refractivity contribution < 1.29 is 4.79 Å². The lowest BCUT2D eigenvalue weighted by Crippen LogP contribution is -2.11. The van der Waals surface area contributed by atoms with Crippen LogP contribution in [0.5, 0.6) is 0 Å². The summed E-state index contributed by atoms with van der Waals surface area (Å²) in [7, 11) is 0. The van der Waals surface area contributed by atoms with E-state index in [-0.39, 0.29) is 5.91 Å². The number of amides is 1. The number of aromatic nitrogens is 2. The van der Waals surface area contributed by atoms with Crippen molar-refractivity contribution in [2.24, 2.45) is 0 Å². The summed E-state index contributed by atoms with van der Waals surface area (Å²) >= 11 is 3.37. The van der Waals surface area contributed by atoms with Gasteiger partial charge in [0.25, 0.3) is 5.91 Å². The van der Waals surface area contributed by atoms with Crippen molar-refractivity contribution in [1.29, 1.82) is 0 Å². The van der Waals surface area contributed by atoms with Crippen molar-refractivity contribution in [2.75, 3.05) is 10.6 Å².